The lowest BCUT2D eigenvalue weighted by Gasteiger charge is -2.26. The maximum atomic E-state index is 13.9. The lowest BCUT2D eigenvalue weighted by Crippen LogP contribution is -2.30. The number of thiophene rings is 1. The van der Waals surface area contributed by atoms with Gasteiger partial charge in [-0.1, -0.05) is 105 Å². The van der Waals surface area contributed by atoms with Crippen molar-refractivity contribution in [2.45, 2.75) is 70.2 Å². The van der Waals surface area contributed by atoms with E-state index in [-0.39, 0.29) is 5.56 Å². The monoisotopic (exact) mass is 517 g/mol. The number of hydrogen-bond donors (Lipinski definition) is 0. The minimum absolute atomic E-state index is 0.131. The van der Waals surface area contributed by atoms with Crippen molar-refractivity contribution in [1.29, 1.82) is 0 Å². The third-order valence-electron chi connectivity index (χ3n) is 6.92. The van der Waals surface area contributed by atoms with Gasteiger partial charge >= 0.3 is 0 Å². The minimum atomic E-state index is 0.131. The Hall–Kier alpha value is -2.41. The van der Waals surface area contributed by atoms with Crippen molar-refractivity contribution in [1.82, 2.24) is 14.5 Å². The number of benzene rings is 2. The van der Waals surface area contributed by atoms with Crippen LogP contribution in [-0.2, 0) is 26.1 Å². The molecule has 36 heavy (non-hydrogen) atoms. The zero-order chi connectivity index (χ0) is 24.7. The van der Waals surface area contributed by atoms with Crippen LogP contribution in [0, 0.1) is 0 Å². The number of hydrogen-bond acceptors (Lipinski definition) is 5. The summed E-state index contributed by atoms with van der Waals surface area (Å²) in [7, 11) is 0. The highest BCUT2D eigenvalue weighted by Crippen LogP contribution is 2.34. The molecule has 0 radical (unpaired) electrons. The zero-order valence-electron chi connectivity index (χ0n) is 21.1. The van der Waals surface area contributed by atoms with Crippen molar-refractivity contribution in [2.75, 3.05) is 12.3 Å². The van der Waals surface area contributed by atoms with Gasteiger partial charge in [0, 0.05) is 30.3 Å². The van der Waals surface area contributed by atoms with E-state index >= 15 is 0 Å². The van der Waals surface area contributed by atoms with E-state index in [1.165, 1.54) is 48.1 Å². The molecule has 0 unspecified atom stereocenters. The first-order valence-corrected chi connectivity index (χ1v) is 15.0. The van der Waals surface area contributed by atoms with Gasteiger partial charge < -0.3 is 0 Å². The molecule has 0 bridgehead atoms. The molecule has 0 aliphatic carbocycles. The number of aromatic nitrogens is 2. The second kappa shape index (κ2) is 12.2. The highest BCUT2D eigenvalue weighted by Gasteiger charge is 2.25. The smallest absolute Gasteiger partial charge is 0.263 e. The summed E-state index contributed by atoms with van der Waals surface area (Å²) in [5, 5.41) is 1.73. The quantitative estimate of drug-likeness (QED) is 0.121. The minimum Gasteiger partial charge on any atom is -0.294 e. The van der Waals surface area contributed by atoms with Crippen LogP contribution in [0.1, 0.15) is 60.6 Å². The van der Waals surface area contributed by atoms with E-state index < -0.39 is 0 Å². The van der Waals surface area contributed by atoms with Crippen molar-refractivity contribution in [3.05, 3.63) is 92.6 Å². The van der Waals surface area contributed by atoms with Crippen LogP contribution in [0.3, 0.4) is 0 Å². The molecule has 0 N–H and O–H groups in total. The molecule has 4 nitrogen and oxygen atoms in total. The summed E-state index contributed by atoms with van der Waals surface area (Å²) in [4.78, 5) is 23.8. The van der Waals surface area contributed by atoms with Crippen molar-refractivity contribution in [2.24, 2.45) is 0 Å². The molecular weight excluding hydrogens is 482 g/mol. The first-order chi connectivity index (χ1) is 17.7. The van der Waals surface area contributed by atoms with Crippen LogP contribution < -0.4 is 5.56 Å². The van der Waals surface area contributed by atoms with Gasteiger partial charge in [-0.3, -0.25) is 14.3 Å². The van der Waals surface area contributed by atoms with Gasteiger partial charge in [0.05, 0.1) is 11.9 Å². The van der Waals surface area contributed by atoms with E-state index in [1.54, 1.807) is 23.1 Å². The second-order valence-electron chi connectivity index (χ2n) is 9.66. The van der Waals surface area contributed by atoms with Gasteiger partial charge in [-0.15, -0.1) is 11.3 Å². The molecule has 0 amide bonds. The van der Waals surface area contributed by atoms with Crippen molar-refractivity contribution >= 4 is 33.3 Å². The molecule has 0 spiro atoms. The summed E-state index contributed by atoms with van der Waals surface area (Å²) >= 11 is 3.48. The molecule has 1 aliphatic heterocycles. The van der Waals surface area contributed by atoms with E-state index in [1.807, 2.05) is 22.8 Å². The van der Waals surface area contributed by atoms with E-state index in [2.05, 4.69) is 54.3 Å². The van der Waals surface area contributed by atoms with Gasteiger partial charge in [0.2, 0.25) is 0 Å². The molecule has 6 heteroatoms. The van der Waals surface area contributed by atoms with E-state index in [0.717, 1.165) is 52.7 Å². The highest BCUT2D eigenvalue weighted by molar-refractivity contribution is 7.99. The summed E-state index contributed by atoms with van der Waals surface area (Å²) in [6, 6.07) is 21.0. The lowest BCUT2D eigenvalue weighted by atomic mass is 10.0. The Labute approximate surface area is 222 Å². The van der Waals surface area contributed by atoms with Gasteiger partial charge in [0.25, 0.3) is 5.56 Å². The van der Waals surface area contributed by atoms with E-state index in [9.17, 15) is 4.79 Å². The molecule has 2 aromatic carbocycles. The lowest BCUT2D eigenvalue weighted by molar-refractivity contribution is 0.249. The van der Waals surface area contributed by atoms with Gasteiger partial charge in [-0.25, -0.2) is 4.98 Å². The Balaban J connectivity index is 1.42. The number of unbranched alkanes of at least 4 members (excludes halogenated alkanes) is 4. The Morgan fingerprint density at radius 2 is 1.61 bits per heavy atom. The van der Waals surface area contributed by atoms with Crippen LogP contribution in [0.15, 0.2) is 70.6 Å². The first-order valence-electron chi connectivity index (χ1n) is 13.2. The highest BCUT2D eigenvalue weighted by atomic mass is 32.2. The molecule has 0 saturated carbocycles. The summed E-state index contributed by atoms with van der Waals surface area (Å²) in [6.45, 7) is 5.63. The molecule has 0 saturated heterocycles. The van der Waals surface area contributed by atoms with Crippen molar-refractivity contribution in [3.63, 3.8) is 0 Å². The Bertz CT molecular complexity index is 1330. The first kappa shape index (κ1) is 25.2. The number of thioether (sulfide) groups is 1. The van der Waals surface area contributed by atoms with Crippen LogP contribution >= 0.6 is 23.1 Å². The Kier molecular flexibility index (Phi) is 8.57. The van der Waals surface area contributed by atoms with Crippen molar-refractivity contribution < 1.29 is 0 Å². The fraction of sp³-hybridized carbons (Fsp3) is 0.400. The Morgan fingerprint density at radius 1 is 0.917 bits per heavy atom. The molecule has 2 aromatic heterocycles. The molecule has 0 fully saturated rings. The average molecular weight is 518 g/mol. The molecule has 5 rings (SSSR count). The number of fused-ring (bicyclic) bond motifs is 3. The maximum Gasteiger partial charge on any atom is 0.263 e. The summed E-state index contributed by atoms with van der Waals surface area (Å²) in [5.74, 6) is 1.01. The number of rotatable bonds is 11. The predicted octanol–water partition coefficient (Wildman–Crippen LogP) is 7.13. The second-order valence-corrected chi connectivity index (χ2v) is 11.8. The average Bonchev–Trinajstić information content (AvgIpc) is 3.27. The van der Waals surface area contributed by atoms with Gasteiger partial charge in [-0.2, -0.15) is 0 Å². The Morgan fingerprint density at radius 3 is 2.33 bits per heavy atom. The summed E-state index contributed by atoms with van der Waals surface area (Å²) in [5.41, 5.74) is 3.84. The van der Waals surface area contributed by atoms with Gasteiger partial charge in [-0.05, 0) is 29.5 Å². The van der Waals surface area contributed by atoms with Gasteiger partial charge in [0.15, 0.2) is 5.16 Å². The van der Waals surface area contributed by atoms with Crippen LogP contribution in [0.2, 0.25) is 0 Å². The fourth-order valence-electron chi connectivity index (χ4n) is 4.97. The van der Waals surface area contributed by atoms with E-state index in [0.29, 0.717) is 6.54 Å². The van der Waals surface area contributed by atoms with E-state index in [4.69, 9.17) is 4.98 Å². The van der Waals surface area contributed by atoms with Crippen LogP contribution in [0.4, 0.5) is 0 Å². The summed E-state index contributed by atoms with van der Waals surface area (Å²) < 4.78 is 1.93. The molecule has 1 aliphatic rings. The van der Waals surface area contributed by atoms with Gasteiger partial charge in [0.1, 0.15) is 4.83 Å². The zero-order valence-corrected chi connectivity index (χ0v) is 22.8. The maximum absolute atomic E-state index is 13.9. The topological polar surface area (TPSA) is 38.1 Å². The van der Waals surface area contributed by atoms with Crippen LogP contribution in [0.25, 0.3) is 10.2 Å². The third kappa shape index (κ3) is 5.93. The molecule has 4 aromatic rings. The molecule has 3 heterocycles. The molecule has 0 atom stereocenters. The summed E-state index contributed by atoms with van der Waals surface area (Å²) in [6.07, 6.45) is 7.17. The molecular formula is C30H35N3OS2. The fourth-order valence-corrected chi connectivity index (χ4v) is 7.27. The molecule has 188 valence electrons. The number of nitrogens with zero attached hydrogens (tertiary/aromatic N) is 3. The predicted molar refractivity (Wildman–Crippen MR) is 153 cm³/mol. The third-order valence-corrected chi connectivity index (χ3v) is 9.09. The normalized spacial score (nSPS) is 13.8. The van der Waals surface area contributed by atoms with Crippen LogP contribution in [0.5, 0.6) is 0 Å². The SMILES string of the molecule is CCCCCCCSc1nc2sc3c(c2c(=O)n1Cc1ccccc1)CCN(Cc1ccccc1)C3. The van der Waals surface area contributed by atoms with Crippen molar-refractivity contribution in [3.8, 4) is 0 Å². The van der Waals surface area contributed by atoms with Crippen LogP contribution in [-0.4, -0.2) is 26.7 Å². The standard InChI is InChI=1S/C30H35N3OS2/c1-2-3-4-5-12-19-35-30-31-28-27(29(34)33(30)21-24-15-10-7-11-16-24)25-17-18-32(22-26(25)36-28)20-23-13-8-6-9-14-23/h6-11,13-16H,2-5,12,17-22H2,1H3. The largest absolute Gasteiger partial charge is 0.294 e.